The molecule has 0 atom stereocenters. The highest BCUT2D eigenvalue weighted by Gasteiger charge is 2.23. The zero-order chi connectivity index (χ0) is 34.2. The maximum absolute atomic E-state index is 6.53. The van der Waals surface area contributed by atoms with E-state index in [1.165, 1.54) is 165 Å². The van der Waals surface area contributed by atoms with Crippen LogP contribution in [0.3, 0.4) is 0 Å². The first kappa shape index (κ1) is 38.9. The van der Waals surface area contributed by atoms with E-state index >= 15 is 0 Å². The summed E-state index contributed by atoms with van der Waals surface area (Å²) in [6, 6.07) is 14.7. The number of hydrogen-bond donors (Lipinski definition) is 0. The van der Waals surface area contributed by atoms with Crippen LogP contribution in [0.2, 0.25) is 0 Å². The van der Waals surface area contributed by atoms with Gasteiger partial charge in [0.15, 0.2) is 18.0 Å². The van der Waals surface area contributed by atoms with Crippen LogP contribution in [-0.2, 0) is 19.4 Å². The summed E-state index contributed by atoms with van der Waals surface area (Å²) in [6.07, 6.45) is 39.1. The monoisotopic (exact) mass is 670 g/mol. The van der Waals surface area contributed by atoms with Crippen LogP contribution < -0.4 is 4.57 Å². The third-order valence-electron chi connectivity index (χ3n) is 10.3. The van der Waals surface area contributed by atoms with Gasteiger partial charge in [0.25, 0.3) is 5.52 Å². The molecular weight excluding hydrogens is 601 g/mol. The first-order chi connectivity index (χ1) is 24.3. The minimum atomic E-state index is 0.649. The van der Waals surface area contributed by atoms with E-state index in [-0.39, 0.29) is 0 Å². The van der Waals surface area contributed by atoms with Gasteiger partial charge in [0.05, 0.1) is 0 Å². The van der Waals surface area contributed by atoms with E-state index in [2.05, 4.69) is 53.7 Å². The molecule has 0 saturated heterocycles. The molecule has 0 aliphatic rings. The smallest absolute Gasteiger partial charge is 0.373 e. The molecule has 0 saturated carbocycles. The molecule has 270 valence electrons. The van der Waals surface area contributed by atoms with E-state index in [0.29, 0.717) is 6.42 Å². The van der Waals surface area contributed by atoms with Crippen LogP contribution in [0.15, 0.2) is 57.4 Å². The second-order valence-corrected chi connectivity index (χ2v) is 14.6. The largest absolute Gasteiger partial charge is 0.440 e. The molecule has 0 fully saturated rings. The SMILES string of the molecule is CCCCCCCCCCCCCCc1cccc2oc(C=CCc3nc4ccccc4o3)[n+](CCCCCCCCCCCCCC)c12. The van der Waals surface area contributed by atoms with Crippen LogP contribution >= 0.6 is 0 Å². The van der Waals surface area contributed by atoms with E-state index < -0.39 is 0 Å². The number of aromatic nitrogens is 2. The average Bonchev–Trinajstić information content (AvgIpc) is 3.70. The number of oxazole rings is 2. The van der Waals surface area contributed by atoms with Crippen LogP contribution in [-0.4, -0.2) is 4.98 Å². The Morgan fingerprint density at radius 2 is 1.08 bits per heavy atom. The summed E-state index contributed by atoms with van der Waals surface area (Å²) in [5.74, 6) is 1.69. The molecule has 4 rings (SSSR count). The van der Waals surface area contributed by atoms with Crippen LogP contribution in [0.5, 0.6) is 0 Å². The van der Waals surface area contributed by atoms with Gasteiger partial charge in [-0.25, -0.2) is 4.98 Å². The van der Waals surface area contributed by atoms with Crippen molar-refractivity contribution in [2.24, 2.45) is 0 Å². The van der Waals surface area contributed by atoms with Gasteiger partial charge >= 0.3 is 5.89 Å². The summed E-state index contributed by atoms with van der Waals surface area (Å²) in [5.41, 5.74) is 5.51. The van der Waals surface area contributed by atoms with Gasteiger partial charge in [-0.1, -0.05) is 179 Å². The quantitative estimate of drug-likeness (QED) is 0.0427. The zero-order valence-corrected chi connectivity index (χ0v) is 31.5. The second-order valence-electron chi connectivity index (χ2n) is 14.6. The van der Waals surface area contributed by atoms with Crippen molar-refractivity contribution < 1.29 is 13.4 Å². The fraction of sp³-hybridized carbons (Fsp3) is 0.644. The normalized spacial score (nSPS) is 12.0. The van der Waals surface area contributed by atoms with Crippen molar-refractivity contribution in [2.75, 3.05) is 0 Å². The summed E-state index contributed by atoms with van der Waals surface area (Å²) in [6.45, 7) is 5.60. The van der Waals surface area contributed by atoms with Crippen molar-refractivity contribution in [1.29, 1.82) is 0 Å². The molecule has 0 spiro atoms. The zero-order valence-electron chi connectivity index (χ0n) is 31.5. The van der Waals surface area contributed by atoms with Gasteiger partial charge in [-0.2, -0.15) is 4.57 Å². The van der Waals surface area contributed by atoms with Gasteiger partial charge in [0, 0.05) is 24.5 Å². The van der Waals surface area contributed by atoms with Gasteiger partial charge < -0.3 is 8.83 Å². The Morgan fingerprint density at radius 1 is 0.551 bits per heavy atom. The van der Waals surface area contributed by atoms with Crippen molar-refractivity contribution in [3.8, 4) is 0 Å². The maximum Gasteiger partial charge on any atom is 0.373 e. The lowest BCUT2D eigenvalue weighted by Gasteiger charge is -2.04. The molecule has 49 heavy (non-hydrogen) atoms. The number of fused-ring (bicyclic) bond motifs is 2. The molecule has 0 unspecified atom stereocenters. The lowest BCUT2D eigenvalue weighted by Crippen LogP contribution is -2.36. The van der Waals surface area contributed by atoms with Gasteiger partial charge in [-0.3, -0.25) is 0 Å². The highest BCUT2D eigenvalue weighted by atomic mass is 16.4. The Morgan fingerprint density at radius 3 is 1.67 bits per heavy atom. The third-order valence-corrected chi connectivity index (χ3v) is 10.3. The number of rotatable bonds is 29. The molecule has 2 heterocycles. The van der Waals surface area contributed by atoms with E-state index in [1.54, 1.807) is 0 Å². The molecule has 0 amide bonds. The molecular formula is C45H69N2O2+. The number of para-hydroxylation sites is 3. The van der Waals surface area contributed by atoms with Gasteiger partial charge in [0.1, 0.15) is 5.52 Å². The van der Waals surface area contributed by atoms with Crippen LogP contribution in [0, 0.1) is 0 Å². The fourth-order valence-corrected chi connectivity index (χ4v) is 7.32. The number of hydrogen-bond acceptors (Lipinski definition) is 3. The van der Waals surface area contributed by atoms with Gasteiger partial charge in [0.2, 0.25) is 5.58 Å². The van der Waals surface area contributed by atoms with Crippen LogP contribution in [0.4, 0.5) is 0 Å². The average molecular weight is 670 g/mol. The van der Waals surface area contributed by atoms with Crippen molar-refractivity contribution in [3.63, 3.8) is 0 Å². The van der Waals surface area contributed by atoms with Crippen molar-refractivity contribution in [2.45, 2.75) is 187 Å². The Bertz CT molecular complexity index is 1410. The van der Waals surface area contributed by atoms with Crippen LogP contribution in [0.25, 0.3) is 28.3 Å². The molecule has 4 aromatic rings. The number of benzene rings is 2. The molecule has 2 aromatic carbocycles. The first-order valence-corrected chi connectivity index (χ1v) is 20.8. The number of allylic oxidation sites excluding steroid dienone is 1. The lowest BCUT2D eigenvalue weighted by atomic mass is 10.0. The maximum atomic E-state index is 6.53. The highest BCUT2D eigenvalue weighted by Crippen LogP contribution is 2.23. The Hall–Kier alpha value is -2.88. The second kappa shape index (κ2) is 24.3. The molecule has 4 nitrogen and oxygen atoms in total. The molecule has 0 N–H and O–H groups in total. The Labute approximate surface area is 299 Å². The number of aryl methyl sites for hydroxylation is 2. The molecule has 4 heteroatoms. The van der Waals surface area contributed by atoms with E-state index in [0.717, 1.165) is 41.4 Å². The number of unbranched alkanes of at least 4 members (excludes halogenated alkanes) is 22. The molecule has 2 aromatic heterocycles. The highest BCUT2D eigenvalue weighted by molar-refractivity contribution is 5.74. The fourth-order valence-electron chi connectivity index (χ4n) is 7.32. The molecule has 0 radical (unpaired) electrons. The van der Waals surface area contributed by atoms with Crippen molar-refractivity contribution in [3.05, 3.63) is 65.9 Å². The topological polar surface area (TPSA) is 43.1 Å². The summed E-state index contributed by atoms with van der Waals surface area (Å²) in [4.78, 5) is 4.66. The summed E-state index contributed by atoms with van der Waals surface area (Å²) in [7, 11) is 0. The summed E-state index contributed by atoms with van der Waals surface area (Å²) >= 11 is 0. The van der Waals surface area contributed by atoms with Crippen molar-refractivity contribution in [1.82, 2.24) is 4.98 Å². The van der Waals surface area contributed by atoms with Gasteiger partial charge in [-0.15, -0.1) is 0 Å². The summed E-state index contributed by atoms with van der Waals surface area (Å²) < 4.78 is 15.0. The number of nitrogens with zero attached hydrogens (tertiary/aromatic N) is 2. The predicted molar refractivity (Wildman–Crippen MR) is 209 cm³/mol. The summed E-state index contributed by atoms with van der Waals surface area (Å²) in [5, 5.41) is 0. The molecule has 0 aliphatic heterocycles. The van der Waals surface area contributed by atoms with E-state index in [4.69, 9.17) is 8.83 Å². The minimum absolute atomic E-state index is 0.649. The standard InChI is InChI=1S/C45H69N2O2/c1-3-5-7-9-11-13-15-17-19-21-23-25-31-39-32-29-35-42-45(39)47(38-28-24-22-20-18-16-14-12-10-8-6-4-2)44(49-42)37-30-36-43-46-40-33-26-27-34-41(40)48-43/h26-27,29-30,32-35,37H,3-25,28,31,36,38H2,1-2H3/q+1. The van der Waals surface area contributed by atoms with E-state index in [9.17, 15) is 0 Å². The third kappa shape index (κ3) is 14.5. The van der Waals surface area contributed by atoms with Crippen molar-refractivity contribution >= 4 is 28.3 Å². The van der Waals surface area contributed by atoms with E-state index in [1.807, 2.05) is 24.3 Å². The Balaban J connectivity index is 1.28. The minimum Gasteiger partial charge on any atom is -0.440 e. The first-order valence-electron chi connectivity index (χ1n) is 20.8. The van der Waals surface area contributed by atoms with Gasteiger partial charge in [-0.05, 0) is 37.5 Å². The Kier molecular flexibility index (Phi) is 19.3. The van der Waals surface area contributed by atoms with Crippen LogP contribution in [0.1, 0.15) is 185 Å². The lowest BCUT2D eigenvalue weighted by molar-refractivity contribution is -0.678. The predicted octanol–water partition coefficient (Wildman–Crippen LogP) is 14.1. The molecule has 0 aliphatic carbocycles. The molecule has 0 bridgehead atoms.